The molecule has 0 aliphatic carbocycles. The zero-order valence-corrected chi connectivity index (χ0v) is 11.0. The molecular formula is C12H15F3N2S. The van der Waals surface area contributed by atoms with E-state index in [4.69, 9.17) is 12.2 Å². The van der Waals surface area contributed by atoms with Crippen molar-refractivity contribution in [1.82, 2.24) is 4.90 Å². The Bertz CT molecular complexity index is 390. The summed E-state index contributed by atoms with van der Waals surface area (Å²) in [4.78, 5) is 1.11. The minimum atomic E-state index is -4.27. The summed E-state index contributed by atoms with van der Waals surface area (Å²) in [5.74, 6) is 0. The SMILES string of the molecule is CC(C)N(CC(F)(F)F)C(=S)Nc1ccccc1. The maximum atomic E-state index is 12.4. The fraction of sp³-hybridized carbons (Fsp3) is 0.417. The van der Waals surface area contributed by atoms with E-state index in [-0.39, 0.29) is 11.2 Å². The summed E-state index contributed by atoms with van der Waals surface area (Å²) in [7, 11) is 0. The van der Waals surface area contributed by atoms with Gasteiger partial charge in [-0.15, -0.1) is 0 Å². The minimum Gasteiger partial charge on any atom is -0.337 e. The van der Waals surface area contributed by atoms with Gasteiger partial charge in [-0.3, -0.25) is 0 Å². The molecule has 0 radical (unpaired) electrons. The zero-order chi connectivity index (χ0) is 13.8. The van der Waals surface area contributed by atoms with Crippen molar-refractivity contribution in [3.63, 3.8) is 0 Å². The summed E-state index contributed by atoms with van der Waals surface area (Å²) >= 11 is 5.02. The molecule has 1 aromatic rings. The molecule has 2 nitrogen and oxygen atoms in total. The molecule has 0 unspecified atom stereocenters. The van der Waals surface area contributed by atoms with Gasteiger partial charge in [-0.05, 0) is 38.2 Å². The van der Waals surface area contributed by atoms with Gasteiger partial charge in [-0.2, -0.15) is 13.2 Å². The third-order valence-corrected chi connectivity index (χ3v) is 2.60. The first kappa shape index (κ1) is 14.8. The standard InChI is InChI=1S/C12H15F3N2S/c1-9(2)17(8-12(13,14)15)11(18)16-10-6-4-3-5-7-10/h3-7,9H,8H2,1-2H3,(H,16,18). The number of rotatable bonds is 3. The number of nitrogens with zero attached hydrogens (tertiary/aromatic N) is 1. The van der Waals surface area contributed by atoms with Crippen LogP contribution in [0.1, 0.15) is 13.8 Å². The second-order valence-corrected chi connectivity index (χ2v) is 4.52. The summed E-state index contributed by atoms with van der Waals surface area (Å²) in [5, 5.41) is 2.88. The van der Waals surface area contributed by atoms with E-state index >= 15 is 0 Å². The molecular weight excluding hydrogens is 261 g/mol. The predicted molar refractivity (Wildman–Crippen MR) is 70.6 cm³/mol. The van der Waals surface area contributed by atoms with Crippen molar-refractivity contribution >= 4 is 23.0 Å². The van der Waals surface area contributed by atoms with E-state index in [0.29, 0.717) is 5.69 Å². The molecule has 1 N–H and O–H groups in total. The number of benzene rings is 1. The largest absolute Gasteiger partial charge is 0.406 e. The van der Waals surface area contributed by atoms with Crippen LogP contribution in [0.5, 0.6) is 0 Å². The molecule has 0 aliphatic rings. The van der Waals surface area contributed by atoms with Gasteiger partial charge in [-0.25, -0.2) is 0 Å². The van der Waals surface area contributed by atoms with Crippen molar-refractivity contribution in [2.45, 2.75) is 26.1 Å². The lowest BCUT2D eigenvalue weighted by atomic mass is 10.3. The highest BCUT2D eigenvalue weighted by Crippen LogP contribution is 2.19. The van der Waals surface area contributed by atoms with E-state index < -0.39 is 12.7 Å². The Morgan fingerprint density at radius 2 is 1.83 bits per heavy atom. The third-order valence-electron chi connectivity index (χ3n) is 2.26. The highest BCUT2D eigenvalue weighted by Gasteiger charge is 2.33. The normalized spacial score (nSPS) is 11.4. The Kier molecular flexibility index (Phi) is 4.95. The number of alkyl halides is 3. The lowest BCUT2D eigenvalue weighted by Crippen LogP contribution is -2.45. The van der Waals surface area contributed by atoms with Gasteiger partial charge in [0.15, 0.2) is 5.11 Å². The van der Waals surface area contributed by atoms with E-state index in [1.54, 1.807) is 38.1 Å². The summed E-state index contributed by atoms with van der Waals surface area (Å²) in [6.07, 6.45) is -4.27. The molecule has 0 saturated carbocycles. The van der Waals surface area contributed by atoms with E-state index in [1.165, 1.54) is 0 Å². The summed E-state index contributed by atoms with van der Waals surface area (Å²) in [6, 6.07) is 8.57. The highest BCUT2D eigenvalue weighted by atomic mass is 32.1. The Labute approximate surface area is 110 Å². The first-order valence-corrected chi connectivity index (χ1v) is 5.90. The second-order valence-electron chi connectivity index (χ2n) is 4.13. The monoisotopic (exact) mass is 276 g/mol. The molecule has 1 rings (SSSR count). The van der Waals surface area contributed by atoms with Gasteiger partial charge >= 0.3 is 6.18 Å². The average Bonchev–Trinajstić information content (AvgIpc) is 2.25. The number of anilines is 1. The summed E-state index contributed by atoms with van der Waals surface area (Å²) in [6.45, 7) is 2.29. The molecule has 0 heterocycles. The molecule has 100 valence electrons. The van der Waals surface area contributed by atoms with Crippen LogP contribution in [0.15, 0.2) is 30.3 Å². The van der Waals surface area contributed by atoms with Gasteiger partial charge in [0, 0.05) is 11.7 Å². The number of thiocarbonyl (C=S) groups is 1. The minimum absolute atomic E-state index is 0.0773. The van der Waals surface area contributed by atoms with E-state index in [9.17, 15) is 13.2 Å². The Balaban J connectivity index is 2.72. The maximum Gasteiger partial charge on any atom is 0.406 e. The second kappa shape index (κ2) is 6.04. The molecule has 0 aliphatic heterocycles. The lowest BCUT2D eigenvalue weighted by Gasteiger charge is -2.30. The Morgan fingerprint density at radius 3 is 2.28 bits per heavy atom. The highest BCUT2D eigenvalue weighted by molar-refractivity contribution is 7.80. The number of hydrogen-bond acceptors (Lipinski definition) is 1. The van der Waals surface area contributed by atoms with Crippen LogP contribution < -0.4 is 5.32 Å². The summed E-state index contributed by atoms with van der Waals surface area (Å²) < 4.78 is 37.3. The number of nitrogens with one attached hydrogen (secondary N) is 1. The fourth-order valence-corrected chi connectivity index (χ4v) is 1.79. The first-order valence-electron chi connectivity index (χ1n) is 5.49. The number of para-hydroxylation sites is 1. The molecule has 0 fully saturated rings. The van der Waals surface area contributed by atoms with Gasteiger partial charge in [-0.1, -0.05) is 18.2 Å². The lowest BCUT2D eigenvalue weighted by molar-refractivity contribution is -0.140. The number of hydrogen-bond donors (Lipinski definition) is 1. The molecule has 0 amide bonds. The molecule has 0 atom stereocenters. The molecule has 0 bridgehead atoms. The van der Waals surface area contributed by atoms with Gasteiger partial charge in [0.05, 0.1) is 0 Å². The number of halogens is 3. The van der Waals surface area contributed by atoms with Crippen LogP contribution in [0.3, 0.4) is 0 Å². The van der Waals surface area contributed by atoms with Crippen molar-refractivity contribution in [2.24, 2.45) is 0 Å². The molecule has 0 spiro atoms. The van der Waals surface area contributed by atoms with Crippen molar-refractivity contribution in [1.29, 1.82) is 0 Å². The van der Waals surface area contributed by atoms with Crippen LogP contribution in [0.2, 0.25) is 0 Å². The quantitative estimate of drug-likeness (QED) is 0.848. The van der Waals surface area contributed by atoms with Crippen LogP contribution in [-0.2, 0) is 0 Å². The van der Waals surface area contributed by atoms with Crippen molar-refractivity contribution < 1.29 is 13.2 Å². The van der Waals surface area contributed by atoms with Crippen molar-refractivity contribution in [3.05, 3.63) is 30.3 Å². The molecule has 0 saturated heterocycles. The Morgan fingerprint density at radius 1 is 1.28 bits per heavy atom. The molecule has 0 aromatic heterocycles. The van der Waals surface area contributed by atoms with E-state index in [1.807, 2.05) is 6.07 Å². The fourth-order valence-electron chi connectivity index (χ4n) is 1.40. The zero-order valence-electron chi connectivity index (χ0n) is 10.2. The van der Waals surface area contributed by atoms with Crippen LogP contribution in [0.4, 0.5) is 18.9 Å². The van der Waals surface area contributed by atoms with Crippen LogP contribution in [0.25, 0.3) is 0 Å². The van der Waals surface area contributed by atoms with Gasteiger partial charge in [0.25, 0.3) is 0 Å². The molecule has 6 heteroatoms. The smallest absolute Gasteiger partial charge is 0.337 e. The van der Waals surface area contributed by atoms with Crippen LogP contribution in [-0.4, -0.2) is 28.8 Å². The topological polar surface area (TPSA) is 15.3 Å². The first-order chi connectivity index (χ1) is 8.29. The van der Waals surface area contributed by atoms with Crippen LogP contribution >= 0.6 is 12.2 Å². The van der Waals surface area contributed by atoms with Crippen molar-refractivity contribution in [3.8, 4) is 0 Å². The van der Waals surface area contributed by atoms with E-state index in [0.717, 1.165) is 4.90 Å². The predicted octanol–water partition coefficient (Wildman–Crippen LogP) is 3.66. The molecule has 18 heavy (non-hydrogen) atoms. The van der Waals surface area contributed by atoms with E-state index in [2.05, 4.69) is 5.32 Å². The summed E-state index contributed by atoms with van der Waals surface area (Å²) in [5.41, 5.74) is 0.676. The van der Waals surface area contributed by atoms with Gasteiger partial charge in [0.2, 0.25) is 0 Å². The van der Waals surface area contributed by atoms with Crippen LogP contribution in [0, 0.1) is 0 Å². The molecule has 1 aromatic carbocycles. The Hall–Kier alpha value is -1.30. The van der Waals surface area contributed by atoms with Gasteiger partial charge in [0.1, 0.15) is 6.54 Å². The third kappa shape index (κ3) is 4.91. The van der Waals surface area contributed by atoms with Crippen molar-refractivity contribution in [2.75, 3.05) is 11.9 Å². The average molecular weight is 276 g/mol. The van der Waals surface area contributed by atoms with Gasteiger partial charge < -0.3 is 10.2 Å². The maximum absolute atomic E-state index is 12.4.